The minimum atomic E-state index is -0.755. The largest absolute Gasteiger partial charge is 0.467 e. The molecule has 1 fully saturated rings. The molecule has 1 aliphatic rings. The highest BCUT2D eigenvalue weighted by molar-refractivity contribution is 5.82. The van der Waals surface area contributed by atoms with Crippen LogP contribution in [0.25, 0.3) is 0 Å². The van der Waals surface area contributed by atoms with Crippen molar-refractivity contribution < 1.29 is 24.2 Å². The van der Waals surface area contributed by atoms with Crippen LogP contribution in [-0.4, -0.2) is 54.0 Å². The van der Waals surface area contributed by atoms with Crippen molar-refractivity contribution in [1.82, 2.24) is 4.90 Å². The predicted molar refractivity (Wildman–Crippen MR) is 63.9 cm³/mol. The van der Waals surface area contributed by atoms with Crippen LogP contribution in [0.1, 0.15) is 27.2 Å². The minimum Gasteiger partial charge on any atom is -0.467 e. The summed E-state index contributed by atoms with van der Waals surface area (Å²) in [5.41, 5.74) is -0.616. The third-order valence-electron chi connectivity index (χ3n) is 2.83. The van der Waals surface area contributed by atoms with Crippen molar-refractivity contribution in [3.8, 4) is 0 Å². The lowest BCUT2D eigenvalue weighted by Gasteiger charge is -2.28. The molecule has 6 heteroatoms. The van der Waals surface area contributed by atoms with E-state index in [2.05, 4.69) is 4.74 Å². The number of amides is 1. The number of esters is 1. The number of rotatable bonds is 2. The van der Waals surface area contributed by atoms with E-state index in [0.29, 0.717) is 13.0 Å². The normalized spacial score (nSPS) is 23.9. The van der Waals surface area contributed by atoms with Gasteiger partial charge >= 0.3 is 12.1 Å². The van der Waals surface area contributed by atoms with Crippen molar-refractivity contribution in [1.29, 1.82) is 0 Å². The average molecular weight is 259 g/mol. The van der Waals surface area contributed by atoms with E-state index in [1.807, 2.05) is 0 Å². The van der Waals surface area contributed by atoms with Crippen LogP contribution in [0.5, 0.6) is 0 Å². The van der Waals surface area contributed by atoms with Crippen LogP contribution in [0.2, 0.25) is 0 Å². The van der Waals surface area contributed by atoms with E-state index in [0.717, 1.165) is 0 Å². The van der Waals surface area contributed by atoms with Crippen molar-refractivity contribution in [2.45, 2.75) is 38.8 Å². The Morgan fingerprint density at radius 3 is 2.44 bits per heavy atom. The van der Waals surface area contributed by atoms with Gasteiger partial charge in [-0.2, -0.15) is 0 Å². The van der Waals surface area contributed by atoms with Gasteiger partial charge in [-0.1, -0.05) is 0 Å². The molecule has 1 saturated heterocycles. The summed E-state index contributed by atoms with van der Waals surface area (Å²) in [5, 5.41) is 9.23. The molecule has 0 spiro atoms. The van der Waals surface area contributed by atoms with E-state index < -0.39 is 23.7 Å². The second kappa shape index (κ2) is 5.56. The third-order valence-corrected chi connectivity index (χ3v) is 2.83. The van der Waals surface area contributed by atoms with Gasteiger partial charge in [-0.25, -0.2) is 9.59 Å². The number of methoxy groups -OCH3 is 1. The van der Waals surface area contributed by atoms with Crippen molar-refractivity contribution in [2.24, 2.45) is 5.92 Å². The van der Waals surface area contributed by atoms with Gasteiger partial charge in [-0.05, 0) is 27.2 Å². The molecule has 1 aliphatic heterocycles. The fourth-order valence-corrected chi connectivity index (χ4v) is 2.01. The lowest BCUT2D eigenvalue weighted by molar-refractivity contribution is -0.147. The number of likely N-dealkylation sites (tertiary alicyclic amines) is 1. The van der Waals surface area contributed by atoms with E-state index in [-0.39, 0.29) is 12.5 Å². The highest BCUT2D eigenvalue weighted by Crippen LogP contribution is 2.26. The fourth-order valence-electron chi connectivity index (χ4n) is 2.01. The van der Waals surface area contributed by atoms with Crippen molar-refractivity contribution in [2.75, 3.05) is 20.3 Å². The van der Waals surface area contributed by atoms with Gasteiger partial charge in [0.2, 0.25) is 0 Å². The van der Waals surface area contributed by atoms with Crippen LogP contribution >= 0.6 is 0 Å². The van der Waals surface area contributed by atoms with E-state index in [4.69, 9.17) is 4.74 Å². The summed E-state index contributed by atoms with van der Waals surface area (Å²) in [6.07, 6.45) is 0.0176. The number of nitrogens with zero attached hydrogens (tertiary/aromatic N) is 1. The van der Waals surface area contributed by atoms with Gasteiger partial charge in [-0.3, -0.25) is 4.90 Å². The molecule has 0 aromatic rings. The standard InChI is InChI=1S/C12H21NO5/c1-12(2,3)18-11(16)13-6-5-8(7-14)9(13)10(15)17-4/h8-9,14H,5-7H2,1-4H3/t8-,9-/m0/s1. The number of aliphatic hydroxyl groups excluding tert-OH is 1. The summed E-state index contributed by atoms with van der Waals surface area (Å²) in [4.78, 5) is 25.0. The topological polar surface area (TPSA) is 76.1 Å². The first-order chi connectivity index (χ1) is 8.30. The van der Waals surface area contributed by atoms with E-state index in [1.54, 1.807) is 20.8 Å². The zero-order valence-corrected chi connectivity index (χ0v) is 11.3. The van der Waals surface area contributed by atoms with Crippen LogP contribution in [0.15, 0.2) is 0 Å². The number of carbonyl (C=O) groups excluding carboxylic acids is 2. The zero-order chi connectivity index (χ0) is 13.9. The second-order valence-electron chi connectivity index (χ2n) is 5.37. The Kier molecular flexibility index (Phi) is 4.56. The Bertz CT molecular complexity index is 323. The van der Waals surface area contributed by atoms with Crippen LogP contribution in [0, 0.1) is 5.92 Å². The monoisotopic (exact) mass is 259 g/mol. The Hall–Kier alpha value is -1.30. The molecule has 0 aromatic heterocycles. The van der Waals surface area contributed by atoms with Crippen molar-refractivity contribution in [3.05, 3.63) is 0 Å². The van der Waals surface area contributed by atoms with E-state index in [1.165, 1.54) is 12.0 Å². The molecule has 2 atom stereocenters. The van der Waals surface area contributed by atoms with E-state index in [9.17, 15) is 14.7 Å². The summed E-state index contributed by atoms with van der Waals surface area (Å²) in [7, 11) is 1.27. The van der Waals surface area contributed by atoms with Crippen LogP contribution < -0.4 is 0 Å². The Morgan fingerprint density at radius 1 is 1.39 bits per heavy atom. The quantitative estimate of drug-likeness (QED) is 0.741. The summed E-state index contributed by atoms with van der Waals surface area (Å²) >= 11 is 0. The lowest BCUT2D eigenvalue weighted by Crippen LogP contribution is -2.46. The number of aliphatic hydroxyl groups is 1. The van der Waals surface area contributed by atoms with Crippen LogP contribution in [0.3, 0.4) is 0 Å². The molecule has 1 N–H and O–H groups in total. The first-order valence-electron chi connectivity index (χ1n) is 5.98. The van der Waals surface area contributed by atoms with Gasteiger partial charge in [0.25, 0.3) is 0 Å². The Morgan fingerprint density at radius 2 is 2.00 bits per heavy atom. The molecule has 104 valence electrons. The minimum absolute atomic E-state index is 0.154. The summed E-state index contributed by atoms with van der Waals surface area (Å²) in [6.45, 7) is 5.52. The molecular weight excluding hydrogens is 238 g/mol. The van der Waals surface area contributed by atoms with Gasteiger partial charge in [0.1, 0.15) is 11.6 Å². The number of hydrogen-bond donors (Lipinski definition) is 1. The molecule has 0 aromatic carbocycles. The van der Waals surface area contributed by atoms with Crippen molar-refractivity contribution in [3.63, 3.8) is 0 Å². The first kappa shape index (κ1) is 14.8. The molecule has 1 amide bonds. The van der Waals surface area contributed by atoms with Gasteiger partial charge in [-0.15, -0.1) is 0 Å². The lowest BCUT2D eigenvalue weighted by atomic mass is 10.0. The molecule has 0 radical (unpaired) electrons. The van der Waals surface area contributed by atoms with Gasteiger partial charge < -0.3 is 14.6 Å². The molecule has 6 nitrogen and oxygen atoms in total. The molecule has 1 rings (SSSR count). The smallest absolute Gasteiger partial charge is 0.411 e. The Labute approximate surface area is 107 Å². The highest BCUT2D eigenvalue weighted by Gasteiger charge is 2.43. The van der Waals surface area contributed by atoms with Gasteiger partial charge in [0, 0.05) is 19.1 Å². The molecule has 0 aliphatic carbocycles. The number of ether oxygens (including phenoxy) is 2. The van der Waals surface area contributed by atoms with E-state index >= 15 is 0 Å². The SMILES string of the molecule is COC(=O)[C@@H]1[C@H](CO)CCN1C(=O)OC(C)(C)C. The molecule has 1 heterocycles. The van der Waals surface area contributed by atoms with Gasteiger partial charge in [0.15, 0.2) is 0 Å². The maximum absolute atomic E-state index is 12.0. The molecular formula is C12H21NO5. The molecule has 18 heavy (non-hydrogen) atoms. The molecule has 0 bridgehead atoms. The van der Waals surface area contributed by atoms with Gasteiger partial charge in [0.05, 0.1) is 7.11 Å². The maximum Gasteiger partial charge on any atom is 0.411 e. The highest BCUT2D eigenvalue weighted by atomic mass is 16.6. The Balaban J connectivity index is 2.81. The summed E-state index contributed by atoms with van der Waals surface area (Å²) in [6, 6.07) is -0.755. The second-order valence-corrected chi connectivity index (χ2v) is 5.37. The number of carbonyl (C=O) groups is 2. The predicted octanol–water partition coefficient (Wildman–Crippen LogP) is 0.777. The van der Waals surface area contributed by atoms with Crippen LogP contribution in [0.4, 0.5) is 4.79 Å². The molecule has 0 saturated carbocycles. The summed E-state index contributed by atoms with van der Waals surface area (Å²) < 4.78 is 9.91. The summed E-state index contributed by atoms with van der Waals surface area (Å²) in [5.74, 6) is -0.803. The average Bonchev–Trinajstić information content (AvgIpc) is 2.69. The fraction of sp³-hybridized carbons (Fsp3) is 0.833. The maximum atomic E-state index is 12.0. The van der Waals surface area contributed by atoms with Crippen LogP contribution in [-0.2, 0) is 14.3 Å². The first-order valence-corrected chi connectivity index (χ1v) is 5.98. The van der Waals surface area contributed by atoms with Crippen molar-refractivity contribution >= 4 is 12.1 Å². The molecule has 0 unspecified atom stereocenters. The number of hydrogen-bond acceptors (Lipinski definition) is 5. The third kappa shape index (κ3) is 3.35. The zero-order valence-electron chi connectivity index (χ0n) is 11.3.